The number of hydrogen-bond donors (Lipinski definition) is 0. The molecule has 0 bridgehead atoms. The highest BCUT2D eigenvalue weighted by atomic mass is 127. The summed E-state index contributed by atoms with van der Waals surface area (Å²) in [6.07, 6.45) is 0. The third-order valence-electron chi connectivity index (χ3n) is 0.375. The van der Waals surface area contributed by atoms with Crippen LogP contribution in [0.5, 0.6) is 0 Å². The van der Waals surface area contributed by atoms with Crippen LogP contribution in [0.3, 0.4) is 0 Å². The van der Waals surface area contributed by atoms with Crippen molar-refractivity contribution in [3.8, 4) is 0 Å². The zero-order valence-electron chi connectivity index (χ0n) is 4.32. The van der Waals surface area contributed by atoms with Gasteiger partial charge in [0.2, 0.25) is 0 Å². The largest absolute Gasteiger partial charge is 0.355 e. The predicted molar refractivity (Wildman–Crippen MR) is 48.0 cm³/mol. The van der Waals surface area contributed by atoms with Crippen LogP contribution < -0.4 is 0 Å². The highest BCUT2D eigenvalue weighted by molar-refractivity contribution is 14.1. The van der Waals surface area contributed by atoms with Gasteiger partial charge in [-0.25, -0.2) is 0 Å². The van der Waals surface area contributed by atoms with E-state index >= 15 is 0 Å². The first kappa shape index (κ1) is 8.42. The van der Waals surface area contributed by atoms with Gasteiger partial charge < -0.3 is 4.74 Å². The molecular formula is C4H8I2O. The molecule has 0 aromatic carbocycles. The number of hydrogen-bond acceptors (Lipinski definition) is 1. The van der Waals surface area contributed by atoms with Crippen LogP contribution in [-0.2, 0) is 4.74 Å². The Morgan fingerprint density at radius 3 is 1.43 bits per heavy atom. The fraction of sp³-hybridized carbons (Fsp3) is 1.00. The molecule has 0 aliphatic carbocycles. The maximum Gasteiger partial charge on any atom is 0.107 e. The Morgan fingerprint density at radius 2 is 1.43 bits per heavy atom. The lowest BCUT2D eigenvalue weighted by molar-refractivity contribution is 0.135. The standard InChI is InChI=1S/C4H8I2O/c1-3(5)7-4(2)6/h3-4H,1-2H3. The van der Waals surface area contributed by atoms with Gasteiger partial charge in [0.1, 0.15) is 8.22 Å². The number of ether oxygens (including phenoxy) is 1. The highest BCUT2D eigenvalue weighted by Gasteiger charge is 1.97. The van der Waals surface area contributed by atoms with E-state index in [0.29, 0.717) is 8.22 Å². The number of halogens is 2. The summed E-state index contributed by atoms with van der Waals surface area (Å²) in [5.74, 6) is 0. The van der Waals surface area contributed by atoms with Crippen molar-refractivity contribution in [2.45, 2.75) is 22.1 Å². The fourth-order valence-corrected chi connectivity index (χ4v) is 1.70. The van der Waals surface area contributed by atoms with Crippen molar-refractivity contribution in [3.05, 3.63) is 0 Å². The van der Waals surface area contributed by atoms with Crippen LogP contribution in [0.2, 0.25) is 0 Å². The zero-order valence-corrected chi connectivity index (χ0v) is 8.63. The van der Waals surface area contributed by atoms with Gasteiger partial charge >= 0.3 is 0 Å². The molecule has 0 aromatic heterocycles. The first-order valence-electron chi connectivity index (χ1n) is 2.06. The maximum absolute atomic E-state index is 5.22. The monoisotopic (exact) mass is 326 g/mol. The first-order chi connectivity index (χ1) is 3.13. The smallest absolute Gasteiger partial charge is 0.107 e. The fourth-order valence-electron chi connectivity index (χ4n) is 0.258. The number of rotatable bonds is 2. The molecule has 0 amide bonds. The van der Waals surface area contributed by atoms with Gasteiger partial charge in [0.15, 0.2) is 0 Å². The van der Waals surface area contributed by atoms with Crippen LogP contribution in [-0.4, -0.2) is 8.22 Å². The molecule has 0 aromatic rings. The minimum absolute atomic E-state index is 0.337. The maximum atomic E-state index is 5.22. The molecule has 0 saturated heterocycles. The normalized spacial score (nSPS) is 18.9. The lowest BCUT2D eigenvalue weighted by Gasteiger charge is -2.06. The highest BCUT2D eigenvalue weighted by Crippen LogP contribution is 2.08. The van der Waals surface area contributed by atoms with Gasteiger partial charge in [0.25, 0.3) is 0 Å². The van der Waals surface area contributed by atoms with Gasteiger partial charge in [-0.3, -0.25) is 0 Å². The Kier molecular flexibility index (Phi) is 5.19. The molecule has 0 radical (unpaired) electrons. The van der Waals surface area contributed by atoms with Gasteiger partial charge in [0.05, 0.1) is 0 Å². The number of alkyl halides is 2. The molecule has 7 heavy (non-hydrogen) atoms. The molecule has 0 aliphatic rings. The molecule has 0 spiro atoms. The van der Waals surface area contributed by atoms with E-state index in [4.69, 9.17) is 4.74 Å². The zero-order chi connectivity index (χ0) is 5.86. The Hall–Kier alpha value is 1.42. The van der Waals surface area contributed by atoms with Crippen LogP contribution in [0, 0.1) is 0 Å². The van der Waals surface area contributed by atoms with E-state index in [2.05, 4.69) is 45.2 Å². The summed E-state index contributed by atoms with van der Waals surface area (Å²) in [5, 5.41) is 0. The third kappa shape index (κ3) is 7.42. The molecule has 0 N–H and O–H groups in total. The Morgan fingerprint density at radius 1 is 1.14 bits per heavy atom. The summed E-state index contributed by atoms with van der Waals surface area (Å²) in [4.78, 5) is 0. The lowest BCUT2D eigenvalue weighted by atomic mass is 10.8. The van der Waals surface area contributed by atoms with Crippen molar-refractivity contribution in [2.24, 2.45) is 0 Å². The van der Waals surface area contributed by atoms with Crippen molar-refractivity contribution in [2.75, 3.05) is 0 Å². The van der Waals surface area contributed by atoms with E-state index < -0.39 is 0 Å². The molecule has 0 fully saturated rings. The van der Waals surface area contributed by atoms with E-state index in [1.165, 1.54) is 0 Å². The van der Waals surface area contributed by atoms with E-state index in [1.807, 2.05) is 13.8 Å². The topological polar surface area (TPSA) is 9.23 Å². The van der Waals surface area contributed by atoms with Crippen LogP contribution in [0.25, 0.3) is 0 Å². The first-order valence-corrected chi connectivity index (χ1v) is 4.55. The SMILES string of the molecule is CC(I)OC(C)I. The molecule has 0 heterocycles. The second kappa shape index (κ2) is 4.31. The van der Waals surface area contributed by atoms with Crippen molar-refractivity contribution in [1.82, 2.24) is 0 Å². The Labute approximate surface area is 71.5 Å². The van der Waals surface area contributed by atoms with Crippen molar-refractivity contribution >= 4 is 45.2 Å². The van der Waals surface area contributed by atoms with Gasteiger partial charge in [-0.15, -0.1) is 0 Å². The molecule has 0 rings (SSSR count). The molecule has 44 valence electrons. The summed E-state index contributed by atoms with van der Waals surface area (Å²) in [6, 6.07) is 0. The van der Waals surface area contributed by atoms with Crippen LogP contribution in [0.15, 0.2) is 0 Å². The average Bonchev–Trinajstić information content (AvgIpc) is 1.27. The summed E-state index contributed by atoms with van der Waals surface area (Å²) >= 11 is 4.46. The third-order valence-corrected chi connectivity index (χ3v) is 0.962. The Balaban J connectivity index is 2.95. The summed E-state index contributed by atoms with van der Waals surface area (Å²) in [7, 11) is 0. The van der Waals surface area contributed by atoms with Crippen molar-refractivity contribution < 1.29 is 4.74 Å². The quantitative estimate of drug-likeness (QED) is 0.560. The van der Waals surface area contributed by atoms with Crippen LogP contribution in [0.4, 0.5) is 0 Å². The van der Waals surface area contributed by atoms with Gasteiger partial charge in [-0.2, -0.15) is 0 Å². The van der Waals surface area contributed by atoms with E-state index in [0.717, 1.165) is 0 Å². The van der Waals surface area contributed by atoms with Gasteiger partial charge in [-0.1, -0.05) is 45.2 Å². The average molecular weight is 326 g/mol. The minimum atomic E-state index is 0.337. The Bertz CT molecular complexity index is 39.0. The van der Waals surface area contributed by atoms with E-state index in [9.17, 15) is 0 Å². The molecule has 3 heteroatoms. The van der Waals surface area contributed by atoms with Crippen molar-refractivity contribution in [1.29, 1.82) is 0 Å². The lowest BCUT2D eigenvalue weighted by Crippen LogP contribution is -2.03. The predicted octanol–water partition coefficient (Wildman–Crippen LogP) is 2.57. The summed E-state index contributed by atoms with van der Waals surface area (Å²) in [5.41, 5.74) is 0. The molecular weight excluding hydrogens is 318 g/mol. The van der Waals surface area contributed by atoms with Crippen molar-refractivity contribution in [3.63, 3.8) is 0 Å². The summed E-state index contributed by atoms with van der Waals surface area (Å²) in [6.45, 7) is 4.05. The van der Waals surface area contributed by atoms with E-state index in [-0.39, 0.29) is 0 Å². The molecule has 2 atom stereocenters. The second-order valence-corrected chi connectivity index (χ2v) is 4.73. The van der Waals surface area contributed by atoms with Crippen LogP contribution in [0.1, 0.15) is 13.8 Å². The molecule has 1 nitrogen and oxygen atoms in total. The van der Waals surface area contributed by atoms with Gasteiger partial charge in [0, 0.05) is 0 Å². The second-order valence-electron chi connectivity index (χ2n) is 1.22. The molecule has 0 aliphatic heterocycles. The minimum Gasteiger partial charge on any atom is -0.355 e. The molecule has 0 saturated carbocycles. The van der Waals surface area contributed by atoms with Crippen LogP contribution >= 0.6 is 45.2 Å². The van der Waals surface area contributed by atoms with Gasteiger partial charge in [-0.05, 0) is 13.8 Å². The van der Waals surface area contributed by atoms with E-state index in [1.54, 1.807) is 0 Å². The molecule has 2 unspecified atom stereocenters. The summed E-state index contributed by atoms with van der Waals surface area (Å²) < 4.78 is 5.90.